The van der Waals surface area contributed by atoms with Crippen molar-refractivity contribution in [3.8, 4) is 5.75 Å². The summed E-state index contributed by atoms with van der Waals surface area (Å²) in [5.41, 5.74) is 3.56. The number of benzene rings is 2. The summed E-state index contributed by atoms with van der Waals surface area (Å²) in [6.07, 6.45) is 0.439. The molecule has 6 heteroatoms. The number of hydrogen-bond acceptors (Lipinski definition) is 5. The summed E-state index contributed by atoms with van der Waals surface area (Å²) >= 11 is 0. The second kappa shape index (κ2) is 9.18. The van der Waals surface area contributed by atoms with Gasteiger partial charge in [-0.25, -0.2) is 0 Å². The lowest BCUT2D eigenvalue weighted by atomic mass is 10.1. The van der Waals surface area contributed by atoms with Crippen molar-refractivity contribution in [2.45, 2.75) is 6.42 Å². The van der Waals surface area contributed by atoms with Crippen LogP contribution in [0.5, 0.6) is 5.75 Å². The summed E-state index contributed by atoms with van der Waals surface area (Å²) in [4.78, 5) is 19.5. The van der Waals surface area contributed by atoms with Crippen molar-refractivity contribution >= 4 is 17.3 Å². The van der Waals surface area contributed by atoms with Crippen molar-refractivity contribution in [3.63, 3.8) is 0 Å². The van der Waals surface area contributed by atoms with Crippen molar-refractivity contribution in [1.29, 1.82) is 0 Å². The number of carbonyl (C=O) groups is 1. The fourth-order valence-corrected chi connectivity index (χ4v) is 4.03. The summed E-state index contributed by atoms with van der Waals surface area (Å²) in [5.74, 6) is 1.00. The van der Waals surface area contributed by atoms with Crippen molar-refractivity contribution < 1.29 is 14.3 Å². The number of para-hydroxylation sites is 2. The molecule has 0 N–H and O–H groups in total. The number of carbonyl (C=O) groups excluding carboxylic acids is 1. The van der Waals surface area contributed by atoms with Gasteiger partial charge in [-0.3, -0.25) is 4.79 Å². The van der Waals surface area contributed by atoms with Gasteiger partial charge in [0.1, 0.15) is 5.75 Å². The second-order valence-electron chi connectivity index (χ2n) is 7.48. The zero-order valence-corrected chi connectivity index (χ0v) is 17.0. The zero-order valence-electron chi connectivity index (χ0n) is 17.0. The first-order valence-corrected chi connectivity index (χ1v) is 10.3. The number of piperazine rings is 1. The maximum Gasteiger partial charge on any atom is 0.227 e. The summed E-state index contributed by atoms with van der Waals surface area (Å²) in [7, 11) is 1.65. The molecule has 0 saturated carbocycles. The van der Waals surface area contributed by atoms with E-state index in [-0.39, 0.29) is 5.91 Å². The summed E-state index contributed by atoms with van der Waals surface area (Å²) in [5, 5.41) is 0. The van der Waals surface area contributed by atoms with Gasteiger partial charge in [-0.1, -0.05) is 24.3 Å². The Bertz CT molecular complexity index is 810. The third-order valence-electron chi connectivity index (χ3n) is 5.72. The molecule has 0 aliphatic carbocycles. The van der Waals surface area contributed by atoms with Gasteiger partial charge in [0, 0.05) is 39.3 Å². The smallest absolute Gasteiger partial charge is 0.227 e. The van der Waals surface area contributed by atoms with E-state index in [9.17, 15) is 4.79 Å². The topological polar surface area (TPSA) is 45.2 Å². The Kier molecular flexibility index (Phi) is 6.20. The van der Waals surface area contributed by atoms with E-state index in [1.54, 1.807) is 7.11 Å². The molecular formula is C23H29N3O3. The first kappa shape index (κ1) is 19.6. The molecular weight excluding hydrogens is 366 g/mol. The fraction of sp³-hybridized carbons (Fsp3) is 0.435. The van der Waals surface area contributed by atoms with Crippen LogP contribution in [0, 0.1) is 0 Å². The quantitative estimate of drug-likeness (QED) is 0.778. The predicted octanol–water partition coefficient (Wildman–Crippen LogP) is 2.42. The molecule has 2 aromatic rings. The van der Waals surface area contributed by atoms with E-state index in [4.69, 9.17) is 9.47 Å². The van der Waals surface area contributed by atoms with Crippen molar-refractivity contribution in [2.24, 2.45) is 0 Å². The highest BCUT2D eigenvalue weighted by Crippen LogP contribution is 2.30. The Morgan fingerprint density at radius 3 is 2.03 bits per heavy atom. The van der Waals surface area contributed by atoms with Crippen LogP contribution in [0.3, 0.4) is 0 Å². The molecule has 2 aliphatic rings. The number of anilines is 2. The van der Waals surface area contributed by atoms with Gasteiger partial charge in [-0.05, 0) is 29.8 Å². The number of hydrogen-bond donors (Lipinski definition) is 0. The number of nitrogens with zero attached hydrogens (tertiary/aromatic N) is 3. The van der Waals surface area contributed by atoms with Crippen LogP contribution in [0.15, 0.2) is 48.5 Å². The third-order valence-corrected chi connectivity index (χ3v) is 5.72. The van der Waals surface area contributed by atoms with Crippen LogP contribution in [0.25, 0.3) is 0 Å². The van der Waals surface area contributed by atoms with Gasteiger partial charge < -0.3 is 24.2 Å². The average Bonchev–Trinajstić information content (AvgIpc) is 2.80. The number of ether oxygens (including phenoxy) is 2. The molecule has 2 saturated heterocycles. The highest BCUT2D eigenvalue weighted by atomic mass is 16.5. The van der Waals surface area contributed by atoms with Crippen LogP contribution in [0.2, 0.25) is 0 Å². The van der Waals surface area contributed by atoms with E-state index in [0.29, 0.717) is 6.42 Å². The Morgan fingerprint density at radius 1 is 0.862 bits per heavy atom. The number of morpholine rings is 1. The van der Waals surface area contributed by atoms with E-state index >= 15 is 0 Å². The molecule has 0 aromatic heterocycles. The standard InChI is InChI=1S/C23H29N3O3/c1-28-20-8-6-19(7-9-20)18-23(27)26-12-10-24(11-13-26)21-4-2-3-5-22(21)25-14-16-29-17-15-25/h2-9H,10-18H2,1H3. The molecule has 29 heavy (non-hydrogen) atoms. The molecule has 2 aliphatic heterocycles. The fourth-order valence-electron chi connectivity index (χ4n) is 4.03. The van der Waals surface area contributed by atoms with Crippen LogP contribution in [0.4, 0.5) is 11.4 Å². The SMILES string of the molecule is COc1ccc(CC(=O)N2CCN(c3ccccc3N3CCOCC3)CC2)cc1. The lowest BCUT2D eigenvalue weighted by Crippen LogP contribution is -2.49. The predicted molar refractivity (Wildman–Crippen MR) is 115 cm³/mol. The van der Waals surface area contributed by atoms with E-state index in [0.717, 1.165) is 63.8 Å². The third kappa shape index (κ3) is 4.65. The summed E-state index contributed by atoms with van der Waals surface area (Å²) in [6.45, 7) is 6.64. The highest BCUT2D eigenvalue weighted by Gasteiger charge is 2.24. The largest absolute Gasteiger partial charge is 0.497 e. The molecule has 6 nitrogen and oxygen atoms in total. The van der Waals surface area contributed by atoms with Crippen LogP contribution in [0.1, 0.15) is 5.56 Å². The van der Waals surface area contributed by atoms with Gasteiger partial charge in [-0.15, -0.1) is 0 Å². The number of amides is 1. The van der Waals surface area contributed by atoms with Gasteiger partial charge in [0.2, 0.25) is 5.91 Å². The Hall–Kier alpha value is -2.73. The van der Waals surface area contributed by atoms with Crippen LogP contribution < -0.4 is 14.5 Å². The normalized spacial score (nSPS) is 17.3. The zero-order chi connectivity index (χ0) is 20.1. The van der Waals surface area contributed by atoms with E-state index in [2.05, 4.69) is 34.1 Å². The van der Waals surface area contributed by atoms with Crippen molar-refractivity contribution in [3.05, 3.63) is 54.1 Å². The van der Waals surface area contributed by atoms with E-state index < -0.39 is 0 Å². The molecule has 0 radical (unpaired) electrons. The molecule has 1 amide bonds. The molecule has 2 aromatic carbocycles. The molecule has 0 unspecified atom stereocenters. The first-order valence-electron chi connectivity index (χ1n) is 10.3. The Morgan fingerprint density at radius 2 is 1.45 bits per heavy atom. The van der Waals surface area contributed by atoms with E-state index in [1.165, 1.54) is 11.4 Å². The van der Waals surface area contributed by atoms with Gasteiger partial charge in [0.25, 0.3) is 0 Å². The number of methoxy groups -OCH3 is 1. The van der Waals surface area contributed by atoms with Gasteiger partial charge >= 0.3 is 0 Å². The maximum absolute atomic E-state index is 12.7. The van der Waals surface area contributed by atoms with Crippen LogP contribution >= 0.6 is 0 Å². The highest BCUT2D eigenvalue weighted by molar-refractivity contribution is 5.79. The van der Waals surface area contributed by atoms with Crippen molar-refractivity contribution in [1.82, 2.24) is 4.90 Å². The Balaban J connectivity index is 1.36. The lowest BCUT2D eigenvalue weighted by molar-refractivity contribution is -0.130. The minimum Gasteiger partial charge on any atom is -0.497 e. The van der Waals surface area contributed by atoms with Gasteiger partial charge in [0.15, 0.2) is 0 Å². The molecule has 2 heterocycles. The monoisotopic (exact) mass is 395 g/mol. The van der Waals surface area contributed by atoms with Crippen LogP contribution in [-0.4, -0.2) is 70.4 Å². The molecule has 154 valence electrons. The lowest BCUT2D eigenvalue weighted by Gasteiger charge is -2.39. The molecule has 0 bridgehead atoms. The molecule has 2 fully saturated rings. The molecule has 0 spiro atoms. The minimum absolute atomic E-state index is 0.191. The average molecular weight is 396 g/mol. The van der Waals surface area contributed by atoms with Crippen LogP contribution in [-0.2, 0) is 16.0 Å². The second-order valence-corrected chi connectivity index (χ2v) is 7.48. The van der Waals surface area contributed by atoms with Gasteiger partial charge in [-0.2, -0.15) is 0 Å². The Labute approximate surface area is 172 Å². The van der Waals surface area contributed by atoms with E-state index in [1.807, 2.05) is 29.2 Å². The molecule has 0 atom stereocenters. The number of rotatable bonds is 5. The minimum atomic E-state index is 0.191. The first-order chi connectivity index (χ1) is 14.2. The van der Waals surface area contributed by atoms with Gasteiger partial charge in [0.05, 0.1) is 38.1 Å². The maximum atomic E-state index is 12.7. The summed E-state index contributed by atoms with van der Waals surface area (Å²) in [6, 6.07) is 16.3. The summed E-state index contributed by atoms with van der Waals surface area (Å²) < 4.78 is 10.7. The van der Waals surface area contributed by atoms with Crippen molar-refractivity contribution in [2.75, 3.05) is 69.4 Å². The molecule has 4 rings (SSSR count).